The normalized spacial score (nSPS) is 12.2. The number of carbonyl (C=O) groups is 1. The van der Waals surface area contributed by atoms with Crippen molar-refractivity contribution in [3.8, 4) is 11.5 Å². The van der Waals surface area contributed by atoms with Crippen LogP contribution in [0.15, 0.2) is 36.4 Å². The molecule has 170 valence electrons. The fourth-order valence-corrected chi connectivity index (χ4v) is 4.73. The average Bonchev–Trinajstić information content (AvgIpc) is 2.69. The number of nitrogens with one attached hydrogen (secondary N) is 1. The number of hydrogen-bond donors (Lipinski definition) is 1. The third-order valence-corrected chi connectivity index (χ3v) is 6.18. The van der Waals surface area contributed by atoms with Crippen molar-refractivity contribution >= 4 is 21.6 Å². The highest BCUT2D eigenvalue weighted by atomic mass is 32.2. The van der Waals surface area contributed by atoms with Crippen molar-refractivity contribution in [1.82, 2.24) is 5.32 Å². The van der Waals surface area contributed by atoms with Crippen molar-refractivity contribution in [2.75, 3.05) is 31.3 Å². The molecule has 0 saturated heterocycles. The lowest BCUT2D eigenvalue weighted by atomic mass is 10.1. The molecule has 0 radical (unpaired) electrons. The minimum Gasteiger partial charge on any atom is -0.493 e. The van der Waals surface area contributed by atoms with Crippen molar-refractivity contribution in [3.05, 3.63) is 53.1 Å². The maximum atomic E-state index is 12.7. The molecular weight excluding hydrogens is 416 g/mol. The summed E-state index contributed by atoms with van der Waals surface area (Å²) >= 11 is 0. The number of hydrogen-bond acceptors (Lipinski definition) is 5. The number of amides is 1. The summed E-state index contributed by atoms with van der Waals surface area (Å²) in [6.07, 6.45) is 2.56. The second-order valence-electron chi connectivity index (χ2n) is 7.66. The van der Waals surface area contributed by atoms with E-state index in [2.05, 4.69) is 5.32 Å². The summed E-state index contributed by atoms with van der Waals surface area (Å²) in [4.78, 5) is 12.7. The zero-order chi connectivity index (χ0) is 23.2. The minimum absolute atomic E-state index is 0.336. The van der Waals surface area contributed by atoms with E-state index in [-0.39, 0.29) is 5.91 Å². The van der Waals surface area contributed by atoms with Crippen molar-refractivity contribution in [2.45, 2.75) is 39.7 Å². The van der Waals surface area contributed by atoms with E-state index in [0.717, 1.165) is 29.4 Å². The fourth-order valence-electron chi connectivity index (χ4n) is 3.57. The van der Waals surface area contributed by atoms with Gasteiger partial charge in [-0.05, 0) is 74.6 Å². The van der Waals surface area contributed by atoms with Gasteiger partial charge in [0.2, 0.25) is 15.9 Å². The monoisotopic (exact) mass is 448 g/mol. The van der Waals surface area contributed by atoms with Gasteiger partial charge in [-0.2, -0.15) is 0 Å². The number of anilines is 1. The van der Waals surface area contributed by atoms with Gasteiger partial charge in [0.15, 0.2) is 11.5 Å². The fraction of sp³-hybridized carbons (Fsp3) is 0.435. The van der Waals surface area contributed by atoms with Gasteiger partial charge in [-0.25, -0.2) is 8.42 Å². The third kappa shape index (κ3) is 6.62. The smallest absolute Gasteiger partial charge is 0.243 e. The first-order valence-electron chi connectivity index (χ1n) is 10.1. The minimum atomic E-state index is -3.64. The third-order valence-electron chi connectivity index (χ3n) is 4.94. The van der Waals surface area contributed by atoms with Crippen LogP contribution in [0.4, 0.5) is 5.69 Å². The van der Waals surface area contributed by atoms with Gasteiger partial charge in [0.1, 0.15) is 6.04 Å². The molecule has 0 aliphatic rings. The van der Waals surface area contributed by atoms with E-state index in [0.29, 0.717) is 30.2 Å². The van der Waals surface area contributed by atoms with Crippen molar-refractivity contribution < 1.29 is 22.7 Å². The Morgan fingerprint density at radius 2 is 1.65 bits per heavy atom. The number of sulfonamides is 1. The van der Waals surface area contributed by atoms with Gasteiger partial charge in [-0.1, -0.05) is 12.1 Å². The van der Waals surface area contributed by atoms with E-state index in [1.54, 1.807) is 33.3 Å². The van der Waals surface area contributed by atoms with Gasteiger partial charge in [0.25, 0.3) is 0 Å². The molecule has 31 heavy (non-hydrogen) atoms. The molecule has 0 bridgehead atoms. The predicted molar refractivity (Wildman–Crippen MR) is 124 cm³/mol. The molecule has 0 spiro atoms. The molecule has 1 unspecified atom stereocenters. The molecular formula is C23H32N2O5S. The summed E-state index contributed by atoms with van der Waals surface area (Å²) in [5, 5.41) is 2.85. The first-order valence-corrected chi connectivity index (χ1v) is 12.0. The number of carbonyl (C=O) groups excluding carboxylic acids is 1. The van der Waals surface area contributed by atoms with Crippen LogP contribution in [0, 0.1) is 13.8 Å². The lowest BCUT2D eigenvalue weighted by Crippen LogP contribution is -2.48. The molecule has 1 amide bonds. The molecule has 0 heterocycles. The summed E-state index contributed by atoms with van der Waals surface area (Å²) < 4.78 is 36.6. The van der Waals surface area contributed by atoms with Crippen LogP contribution in [0.25, 0.3) is 0 Å². The van der Waals surface area contributed by atoms with Crippen LogP contribution in [-0.2, 0) is 21.2 Å². The van der Waals surface area contributed by atoms with E-state index in [1.807, 2.05) is 38.1 Å². The van der Waals surface area contributed by atoms with E-state index in [9.17, 15) is 13.2 Å². The quantitative estimate of drug-likeness (QED) is 0.564. The standard InChI is InChI=1S/C23H32N2O5S/c1-16-12-17(2)14-20(13-16)25(31(6,27)28)18(3)23(26)24-11-7-8-19-9-10-21(29-4)22(15-19)30-5/h9-10,12-15,18H,7-8,11H2,1-6H3,(H,24,26). The zero-order valence-corrected chi connectivity index (χ0v) is 19.9. The Morgan fingerprint density at radius 1 is 1.03 bits per heavy atom. The molecule has 0 aromatic heterocycles. The van der Waals surface area contributed by atoms with Gasteiger partial charge in [0.05, 0.1) is 26.2 Å². The van der Waals surface area contributed by atoms with Crippen LogP contribution >= 0.6 is 0 Å². The lowest BCUT2D eigenvalue weighted by Gasteiger charge is -2.28. The molecule has 2 aromatic rings. The number of ether oxygens (including phenoxy) is 2. The second kappa shape index (κ2) is 10.5. The van der Waals surface area contributed by atoms with Gasteiger partial charge in [-0.3, -0.25) is 9.10 Å². The molecule has 7 nitrogen and oxygen atoms in total. The number of aryl methyl sites for hydroxylation is 3. The Labute approximate surface area is 185 Å². The highest BCUT2D eigenvalue weighted by Gasteiger charge is 2.29. The number of nitrogens with zero attached hydrogens (tertiary/aromatic N) is 1. The number of methoxy groups -OCH3 is 2. The van der Waals surface area contributed by atoms with Crippen LogP contribution in [-0.4, -0.2) is 47.4 Å². The second-order valence-corrected chi connectivity index (χ2v) is 9.52. The van der Waals surface area contributed by atoms with E-state index < -0.39 is 16.1 Å². The van der Waals surface area contributed by atoms with Gasteiger partial charge in [-0.15, -0.1) is 0 Å². The Kier molecular flexibility index (Phi) is 8.33. The topological polar surface area (TPSA) is 84.9 Å². The maximum Gasteiger partial charge on any atom is 0.243 e. The summed E-state index contributed by atoms with van der Waals surface area (Å²) in [6.45, 7) is 5.83. The molecule has 8 heteroatoms. The van der Waals surface area contributed by atoms with Crippen LogP contribution < -0.4 is 19.1 Å². The Hall–Kier alpha value is -2.74. The maximum absolute atomic E-state index is 12.7. The van der Waals surface area contributed by atoms with Crippen LogP contribution in [0.3, 0.4) is 0 Å². The predicted octanol–water partition coefficient (Wildman–Crippen LogP) is 3.22. The molecule has 0 aliphatic carbocycles. The average molecular weight is 449 g/mol. The summed E-state index contributed by atoms with van der Waals surface area (Å²) in [7, 11) is -0.458. The largest absolute Gasteiger partial charge is 0.493 e. The molecule has 1 atom stereocenters. The molecule has 2 aromatic carbocycles. The van der Waals surface area contributed by atoms with Gasteiger partial charge < -0.3 is 14.8 Å². The number of rotatable bonds is 10. The van der Waals surface area contributed by atoms with Crippen LogP contribution in [0.2, 0.25) is 0 Å². The van der Waals surface area contributed by atoms with Crippen LogP contribution in [0.5, 0.6) is 11.5 Å². The van der Waals surface area contributed by atoms with Gasteiger partial charge in [0, 0.05) is 6.54 Å². The Morgan fingerprint density at radius 3 is 2.19 bits per heavy atom. The SMILES string of the molecule is COc1ccc(CCCNC(=O)C(C)N(c2cc(C)cc(C)c2)S(C)(=O)=O)cc1OC. The lowest BCUT2D eigenvalue weighted by molar-refractivity contribution is -0.121. The summed E-state index contributed by atoms with van der Waals surface area (Å²) in [5.74, 6) is 0.993. The van der Waals surface area contributed by atoms with Crippen LogP contribution in [0.1, 0.15) is 30.0 Å². The summed E-state index contributed by atoms with van der Waals surface area (Å²) in [6, 6.07) is 10.4. The van der Waals surface area contributed by atoms with Crippen molar-refractivity contribution in [1.29, 1.82) is 0 Å². The molecule has 1 N–H and O–H groups in total. The highest BCUT2D eigenvalue weighted by molar-refractivity contribution is 7.92. The summed E-state index contributed by atoms with van der Waals surface area (Å²) in [5.41, 5.74) is 3.43. The molecule has 0 aliphatic heterocycles. The zero-order valence-electron chi connectivity index (χ0n) is 19.1. The Bertz CT molecular complexity index is 1000. The first-order chi connectivity index (χ1) is 14.6. The first kappa shape index (κ1) is 24.5. The highest BCUT2D eigenvalue weighted by Crippen LogP contribution is 2.28. The van der Waals surface area contributed by atoms with E-state index in [4.69, 9.17) is 9.47 Å². The van der Waals surface area contributed by atoms with Gasteiger partial charge >= 0.3 is 0 Å². The molecule has 0 saturated carbocycles. The van der Waals surface area contributed by atoms with Crippen molar-refractivity contribution in [2.24, 2.45) is 0 Å². The van der Waals surface area contributed by atoms with E-state index in [1.165, 1.54) is 4.31 Å². The van der Waals surface area contributed by atoms with E-state index >= 15 is 0 Å². The van der Waals surface area contributed by atoms with Crippen molar-refractivity contribution in [3.63, 3.8) is 0 Å². The molecule has 2 rings (SSSR count). The Balaban J connectivity index is 2.01. The number of benzene rings is 2. The molecule has 0 fully saturated rings.